The highest BCUT2D eigenvalue weighted by atomic mass is 16.3. The molecule has 0 saturated carbocycles. The standard InChI is InChI=1S/C45H30N4O/c1-5-15-31(16-6-1)32-25-27-34(28-26-32)44-46-43(33-17-7-2-8-18-33)47-45(48-44)35-29-39(42-38-23-13-14-24-40(38)50-41(42)30-35)49(36-19-9-3-10-20-36)37-21-11-4-12-22-37/h1-30H. The Labute approximate surface area is 289 Å². The smallest absolute Gasteiger partial charge is 0.164 e. The summed E-state index contributed by atoms with van der Waals surface area (Å²) in [6.45, 7) is 0. The Kier molecular flexibility index (Phi) is 7.41. The van der Waals surface area contributed by atoms with E-state index in [1.54, 1.807) is 0 Å². The minimum Gasteiger partial charge on any atom is -0.456 e. The van der Waals surface area contributed by atoms with Gasteiger partial charge in [-0.3, -0.25) is 0 Å². The Morgan fingerprint density at radius 1 is 0.360 bits per heavy atom. The van der Waals surface area contributed by atoms with Crippen molar-refractivity contribution in [2.24, 2.45) is 0 Å². The topological polar surface area (TPSA) is 55.1 Å². The van der Waals surface area contributed by atoms with Crippen LogP contribution in [0.3, 0.4) is 0 Å². The van der Waals surface area contributed by atoms with E-state index in [4.69, 9.17) is 19.4 Å². The Morgan fingerprint density at radius 2 is 0.800 bits per heavy atom. The molecular weight excluding hydrogens is 613 g/mol. The molecule has 0 saturated heterocycles. The van der Waals surface area contributed by atoms with E-state index < -0.39 is 0 Å². The second-order valence-electron chi connectivity index (χ2n) is 12.1. The number of benzene rings is 7. The van der Waals surface area contributed by atoms with Gasteiger partial charge in [0.1, 0.15) is 11.2 Å². The lowest BCUT2D eigenvalue weighted by atomic mass is 10.0. The molecule has 9 aromatic rings. The third-order valence-corrected chi connectivity index (χ3v) is 8.90. The molecule has 0 atom stereocenters. The summed E-state index contributed by atoms with van der Waals surface area (Å²) in [4.78, 5) is 17.5. The molecule has 0 bridgehead atoms. The van der Waals surface area contributed by atoms with E-state index in [9.17, 15) is 0 Å². The Morgan fingerprint density at radius 3 is 1.40 bits per heavy atom. The third kappa shape index (κ3) is 5.47. The first-order chi connectivity index (χ1) is 24.8. The number of hydrogen-bond acceptors (Lipinski definition) is 5. The SMILES string of the molecule is c1ccc(-c2ccc(-c3nc(-c4ccccc4)nc(-c4cc(N(c5ccccc5)c5ccccc5)c5c(c4)oc4ccccc45)n3)cc2)cc1. The molecule has 0 aliphatic heterocycles. The van der Waals surface area contributed by atoms with Gasteiger partial charge in [-0.2, -0.15) is 0 Å². The Balaban J connectivity index is 1.28. The summed E-state index contributed by atoms with van der Waals surface area (Å²) < 4.78 is 6.56. The van der Waals surface area contributed by atoms with E-state index in [1.165, 1.54) is 0 Å². The van der Waals surface area contributed by atoms with Crippen molar-refractivity contribution in [1.82, 2.24) is 15.0 Å². The first-order valence-corrected chi connectivity index (χ1v) is 16.6. The van der Waals surface area contributed by atoms with Gasteiger partial charge < -0.3 is 9.32 Å². The molecule has 0 aliphatic carbocycles. The van der Waals surface area contributed by atoms with Gasteiger partial charge in [-0.15, -0.1) is 0 Å². The highest BCUT2D eigenvalue weighted by Crippen LogP contribution is 2.45. The third-order valence-electron chi connectivity index (χ3n) is 8.90. The normalized spacial score (nSPS) is 11.2. The molecule has 0 unspecified atom stereocenters. The minimum absolute atomic E-state index is 0.561. The second kappa shape index (κ2) is 12.6. The summed E-state index contributed by atoms with van der Waals surface area (Å²) in [6, 6.07) is 62.1. The van der Waals surface area contributed by atoms with Gasteiger partial charge in [-0.05, 0) is 53.6 Å². The molecule has 9 rings (SSSR count). The van der Waals surface area contributed by atoms with E-state index in [1.807, 2.05) is 60.7 Å². The maximum absolute atomic E-state index is 6.56. The number of furan rings is 1. The quantitative estimate of drug-likeness (QED) is 0.173. The molecule has 5 nitrogen and oxygen atoms in total. The lowest BCUT2D eigenvalue weighted by Gasteiger charge is -2.26. The Bertz CT molecular complexity index is 2530. The predicted octanol–water partition coefficient (Wildman–Crippen LogP) is 11.9. The highest BCUT2D eigenvalue weighted by molar-refractivity contribution is 6.14. The van der Waals surface area contributed by atoms with E-state index in [-0.39, 0.29) is 0 Å². The fourth-order valence-electron chi connectivity index (χ4n) is 6.51. The van der Waals surface area contributed by atoms with Gasteiger partial charge in [0.05, 0.1) is 11.1 Å². The molecule has 5 heteroatoms. The molecule has 0 fully saturated rings. The van der Waals surface area contributed by atoms with Crippen LogP contribution in [-0.4, -0.2) is 15.0 Å². The van der Waals surface area contributed by atoms with Crippen molar-refractivity contribution in [3.8, 4) is 45.3 Å². The van der Waals surface area contributed by atoms with Gasteiger partial charge in [-0.25, -0.2) is 15.0 Å². The van der Waals surface area contributed by atoms with Gasteiger partial charge in [-0.1, -0.05) is 140 Å². The fraction of sp³-hybridized carbons (Fsp3) is 0. The van der Waals surface area contributed by atoms with Crippen LogP contribution in [0.4, 0.5) is 17.1 Å². The van der Waals surface area contributed by atoms with Crippen molar-refractivity contribution >= 4 is 39.0 Å². The van der Waals surface area contributed by atoms with Crippen LogP contribution in [-0.2, 0) is 0 Å². The Hall–Kier alpha value is -6.85. The molecular formula is C45H30N4O. The lowest BCUT2D eigenvalue weighted by Crippen LogP contribution is -2.10. The molecule has 2 aromatic heterocycles. The van der Waals surface area contributed by atoms with Gasteiger partial charge in [0.15, 0.2) is 17.5 Å². The zero-order valence-corrected chi connectivity index (χ0v) is 27.0. The second-order valence-corrected chi connectivity index (χ2v) is 12.1. The summed E-state index contributed by atoms with van der Waals surface area (Å²) in [5, 5.41) is 2.06. The first kappa shape index (κ1) is 29.3. The molecule has 0 amide bonds. The summed E-state index contributed by atoms with van der Waals surface area (Å²) in [6.07, 6.45) is 0. The fourth-order valence-corrected chi connectivity index (χ4v) is 6.51. The number of fused-ring (bicyclic) bond motifs is 3. The van der Waals surface area contributed by atoms with Crippen LogP contribution < -0.4 is 4.90 Å². The molecule has 0 radical (unpaired) electrons. The van der Waals surface area contributed by atoms with Gasteiger partial charge in [0.25, 0.3) is 0 Å². The summed E-state index contributed by atoms with van der Waals surface area (Å²) in [5.74, 6) is 1.76. The number of hydrogen-bond donors (Lipinski definition) is 0. The summed E-state index contributed by atoms with van der Waals surface area (Å²) >= 11 is 0. The first-order valence-electron chi connectivity index (χ1n) is 16.6. The number of para-hydroxylation sites is 3. The van der Waals surface area contributed by atoms with Crippen LogP contribution in [0, 0.1) is 0 Å². The van der Waals surface area contributed by atoms with E-state index in [0.29, 0.717) is 17.5 Å². The number of nitrogens with zero attached hydrogens (tertiary/aromatic N) is 4. The van der Waals surface area contributed by atoms with Crippen LogP contribution in [0.25, 0.3) is 67.2 Å². The molecule has 50 heavy (non-hydrogen) atoms. The van der Waals surface area contributed by atoms with Crippen molar-refractivity contribution < 1.29 is 4.42 Å². The summed E-state index contributed by atoms with van der Waals surface area (Å²) in [7, 11) is 0. The lowest BCUT2D eigenvalue weighted by molar-refractivity contribution is 0.669. The average molecular weight is 643 g/mol. The summed E-state index contributed by atoms with van der Waals surface area (Å²) in [5.41, 5.74) is 9.55. The molecule has 2 heterocycles. The molecule has 7 aromatic carbocycles. The van der Waals surface area contributed by atoms with Crippen LogP contribution >= 0.6 is 0 Å². The number of aromatic nitrogens is 3. The zero-order chi connectivity index (χ0) is 33.3. The maximum Gasteiger partial charge on any atom is 0.164 e. The molecule has 0 aliphatic rings. The van der Waals surface area contributed by atoms with Gasteiger partial charge in [0.2, 0.25) is 0 Å². The van der Waals surface area contributed by atoms with Gasteiger partial charge >= 0.3 is 0 Å². The van der Waals surface area contributed by atoms with Crippen molar-refractivity contribution in [3.63, 3.8) is 0 Å². The van der Waals surface area contributed by atoms with Crippen molar-refractivity contribution in [1.29, 1.82) is 0 Å². The van der Waals surface area contributed by atoms with E-state index >= 15 is 0 Å². The molecule has 236 valence electrons. The number of rotatable bonds is 7. The largest absolute Gasteiger partial charge is 0.456 e. The van der Waals surface area contributed by atoms with Crippen LogP contribution in [0.15, 0.2) is 186 Å². The van der Waals surface area contributed by atoms with Crippen LogP contribution in [0.2, 0.25) is 0 Å². The van der Waals surface area contributed by atoms with Gasteiger partial charge in [0, 0.05) is 33.5 Å². The maximum atomic E-state index is 6.56. The zero-order valence-electron chi connectivity index (χ0n) is 27.0. The molecule has 0 N–H and O–H groups in total. The van der Waals surface area contributed by atoms with E-state index in [2.05, 4.69) is 126 Å². The highest BCUT2D eigenvalue weighted by Gasteiger charge is 2.22. The van der Waals surface area contributed by atoms with Crippen molar-refractivity contribution in [3.05, 3.63) is 182 Å². The average Bonchev–Trinajstić information content (AvgIpc) is 3.58. The predicted molar refractivity (Wildman–Crippen MR) is 204 cm³/mol. The van der Waals surface area contributed by atoms with Crippen LogP contribution in [0.1, 0.15) is 0 Å². The minimum atomic E-state index is 0.561. The van der Waals surface area contributed by atoms with Crippen molar-refractivity contribution in [2.75, 3.05) is 4.90 Å². The molecule has 0 spiro atoms. The van der Waals surface area contributed by atoms with Crippen LogP contribution in [0.5, 0.6) is 0 Å². The number of anilines is 3. The van der Waals surface area contributed by atoms with Crippen molar-refractivity contribution in [2.45, 2.75) is 0 Å². The van der Waals surface area contributed by atoms with E-state index in [0.717, 1.165) is 66.8 Å². The monoisotopic (exact) mass is 642 g/mol.